The van der Waals surface area contributed by atoms with Crippen LogP contribution in [0.1, 0.15) is 45.4 Å². The molecule has 172 valence electrons. The molecular formula is C22H33N3O6. The van der Waals surface area contributed by atoms with Gasteiger partial charge in [0.05, 0.1) is 12.3 Å². The third-order valence-corrected chi connectivity index (χ3v) is 5.09. The van der Waals surface area contributed by atoms with Gasteiger partial charge in [0.15, 0.2) is 0 Å². The Labute approximate surface area is 182 Å². The first kappa shape index (κ1) is 24.6. The van der Waals surface area contributed by atoms with Crippen LogP contribution in [0.4, 0.5) is 5.69 Å². The van der Waals surface area contributed by atoms with Gasteiger partial charge in [-0.15, -0.1) is 0 Å². The Hall–Kier alpha value is -2.65. The van der Waals surface area contributed by atoms with E-state index in [1.807, 2.05) is 0 Å². The van der Waals surface area contributed by atoms with Crippen molar-refractivity contribution in [2.75, 3.05) is 31.2 Å². The SMILES string of the molecule is CCOC(=O)[C@H](CCCCCCCN)N[C@H]1COc2ccccc2N(CC(=O)O)C1=O. The van der Waals surface area contributed by atoms with E-state index in [0.717, 1.165) is 32.1 Å². The van der Waals surface area contributed by atoms with Gasteiger partial charge in [-0.3, -0.25) is 24.6 Å². The highest BCUT2D eigenvalue weighted by atomic mass is 16.5. The Morgan fingerprint density at radius 1 is 1.26 bits per heavy atom. The molecule has 9 heteroatoms. The second kappa shape index (κ2) is 12.9. The van der Waals surface area contributed by atoms with Gasteiger partial charge < -0.3 is 20.3 Å². The summed E-state index contributed by atoms with van der Waals surface area (Å²) in [5.41, 5.74) is 5.91. The van der Waals surface area contributed by atoms with Gasteiger partial charge in [0, 0.05) is 0 Å². The summed E-state index contributed by atoms with van der Waals surface area (Å²) >= 11 is 0. The lowest BCUT2D eigenvalue weighted by Crippen LogP contribution is -2.54. The molecule has 2 atom stereocenters. The Morgan fingerprint density at radius 2 is 1.97 bits per heavy atom. The van der Waals surface area contributed by atoms with Gasteiger partial charge in [0.25, 0.3) is 0 Å². The number of esters is 1. The van der Waals surface area contributed by atoms with E-state index in [9.17, 15) is 19.5 Å². The molecule has 1 amide bonds. The number of benzene rings is 1. The molecule has 1 aromatic carbocycles. The molecule has 0 bridgehead atoms. The van der Waals surface area contributed by atoms with Crippen LogP contribution in [0.25, 0.3) is 0 Å². The molecule has 2 rings (SSSR count). The molecule has 0 radical (unpaired) electrons. The zero-order valence-electron chi connectivity index (χ0n) is 18.0. The number of amides is 1. The fourth-order valence-corrected chi connectivity index (χ4v) is 3.55. The van der Waals surface area contributed by atoms with Gasteiger partial charge in [-0.1, -0.05) is 37.8 Å². The number of carbonyl (C=O) groups is 3. The van der Waals surface area contributed by atoms with Crippen LogP contribution in [-0.2, 0) is 19.1 Å². The number of nitrogens with two attached hydrogens (primary N) is 1. The highest BCUT2D eigenvalue weighted by Crippen LogP contribution is 2.31. The molecule has 9 nitrogen and oxygen atoms in total. The summed E-state index contributed by atoms with van der Waals surface area (Å²) in [7, 11) is 0. The Morgan fingerprint density at radius 3 is 2.68 bits per heavy atom. The average Bonchev–Trinajstić information content (AvgIpc) is 2.87. The summed E-state index contributed by atoms with van der Waals surface area (Å²) in [5, 5.41) is 12.4. The van der Waals surface area contributed by atoms with Crippen LogP contribution in [0.2, 0.25) is 0 Å². The number of nitrogens with one attached hydrogen (secondary N) is 1. The monoisotopic (exact) mass is 435 g/mol. The van der Waals surface area contributed by atoms with Crippen LogP contribution in [0.5, 0.6) is 5.75 Å². The highest BCUT2D eigenvalue weighted by Gasteiger charge is 2.35. The van der Waals surface area contributed by atoms with Crippen molar-refractivity contribution >= 4 is 23.5 Å². The third-order valence-electron chi connectivity index (χ3n) is 5.09. The largest absolute Gasteiger partial charge is 0.489 e. The number of aliphatic carboxylic acids is 1. The van der Waals surface area contributed by atoms with Gasteiger partial charge in [-0.2, -0.15) is 0 Å². The summed E-state index contributed by atoms with van der Waals surface area (Å²) < 4.78 is 11.0. The fourth-order valence-electron chi connectivity index (χ4n) is 3.55. The molecule has 0 fully saturated rings. The average molecular weight is 436 g/mol. The number of nitrogens with zero attached hydrogens (tertiary/aromatic N) is 1. The number of anilines is 1. The summed E-state index contributed by atoms with van der Waals surface area (Å²) in [4.78, 5) is 38.2. The number of carbonyl (C=O) groups excluding carboxylic acids is 2. The van der Waals surface area contributed by atoms with Crippen molar-refractivity contribution in [3.05, 3.63) is 24.3 Å². The van der Waals surface area contributed by atoms with Crippen molar-refractivity contribution in [2.45, 2.75) is 57.5 Å². The van der Waals surface area contributed by atoms with Gasteiger partial charge in [-0.25, -0.2) is 0 Å². The smallest absolute Gasteiger partial charge is 0.323 e. The standard InChI is InChI=1S/C22H33N3O6/c1-2-30-22(29)16(10-6-4-3-5-9-13-23)24-17-15-31-19-12-8-7-11-18(19)25(21(17)28)14-20(26)27/h7-8,11-12,16-17,24H,2-6,9-10,13-15,23H2,1H3,(H,26,27)/t16-,17-/m0/s1. The normalized spacial score (nSPS) is 16.8. The summed E-state index contributed by atoms with van der Waals surface area (Å²) in [5.74, 6) is -1.59. The molecule has 31 heavy (non-hydrogen) atoms. The highest BCUT2D eigenvalue weighted by molar-refractivity contribution is 6.02. The number of hydrogen-bond donors (Lipinski definition) is 3. The molecule has 1 heterocycles. The van der Waals surface area contributed by atoms with Crippen LogP contribution in [0.3, 0.4) is 0 Å². The van der Waals surface area contributed by atoms with Crippen molar-refractivity contribution < 1.29 is 29.0 Å². The van der Waals surface area contributed by atoms with E-state index in [1.165, 1.54) is 4.90 Å². The van der Waals surface area contributed by atoms with Crippen molar-refractivity contribution in [2.24, 2.45) is 5.73 Å². The number of rotatable bonds is 13. The second-order valence-electron chi connectivity index (χ2n) is 7.47. The van der Waals surface area contributed by atoms with E-state index >= 15 is 0 Å². The van der Waals surface area contributed by atoms with Crippen LogP contribution < -0.4 is 20.7 Å². The first-order chi connectivity index (χ1) is 15.0. The number of ether oxygens (including phenoxy) is 2. The maximum absolute atomic E-state index is 13.2. The zero-order valence-corrected chi connectivity index (χ0v) is 18.0. The van der Waals surface area contributed by atoms with E-state index in [0.29, 0.717) is 24.4 Å². The molecular weight excluding hydrogens is 402 g/mol. The number of para-hydroxylation sites is 2. The molecule has 0 saturated carbocycles. The molecule has 1 aliphatic heterocycles. The molecule has 1 aliphatic rings. The summed E-state index contributed by atoms with van der Waals surface area (Å²) in [6.07, 6.45) is 5.31. The maximum atomic E-state index is 13.2. The molecule has 0 spiro atoms. The predicted octanol–water partition coefficient (Wildman–Crippen LogP) is 1.69. The summed E-state index contributed by atoms with van der Waals surface area (Å²) in [6.45, 7) is 2.12. The molecule has 0 aromatic heterocycles. The predicted molar refractivity (Wildman–Crippen MR) is 116 cm³/mol. The number of carboxylic acids is 1. The third kappa shape index (κ3) is 7.52. The lowest BCUT2D eigenvalue weighted by molar-refractivity contribution is -0.146. The van der Waals surface area contributed by atoms with Crippen LogP contribution in [-0.4, -0.2) is 61.3 Å². The molecule has 0 aliphatic carbocycles. The zero-order chi connectivity index (χ0) is 22.6. The van der Waals surface area contributed by atoms with E-state index in [1.54, 1.807) is 31.2 Å². The molecule has 0 unspecified atom stereocenters. The van der Waals surface area contributed by atoms with E-state index < -0.39 is 36.5 Å². The minimum absolute atomic E-state index is 0.0155. The van der Waals surface area contributed by atoms with Gasteiger partial charge in [-0.05, 0) is 38.4 Å². The first-order valence-corrected chi connectivity index (χ1v) is 10.9. The molecule has 1 aromatic rings. The lowest BCUT2D eigenvalue weighted by Gasteiger charge is -2.26. The molecule has 4 N–H and O–H groups in total. The minimum atomic E-state index is -1.14. The van der Waals surface area contributed by atoms with Crippen LogP contribution in [0, 0.1) is 0 Å². The number of unbranched alkanes of at least 4 members (excludes halogenated alkanes) is 4. The number of hydrogen-bond acceptors (Lipinski definition) is 7. The minimum Gasteiger partial charge on any atom is -0.489 e. The maximum Gasteiger partial charge on any atom is 0.323 e. The van der Waals surface area contributed by atoms with Crippen molar-refractivity contribution in [3.8, 4) is 5.75 Å². The van der Waals surface area contributed by atoms with Crippen LogP contribution >= 0.6 is 0 Å². The number of fused-ring (bicyclic) bond motifs is 1. The van der Waals surface area contributed by atoms with Crippen LogP contribution in [0.15, 0.2) is 24.3 Å². The van der Waals surface area contributed by atoms with Gasteiger partial charge in [0.1, 0.15) is 31.0 Å². The van der Waals surface area contributed by atoms with Crippen molar-refractivity contribution in [3.63, 3.8) is 0 Å². The van der Waals surface area contributed by atoms with Crippen molar-refractivity contribution in [1.82, 2.24) is 5.32 Å². The fraction of sp³-hybridized carbons (Fsp3) is 0.591. The topological polar surface area (TPSA) is 131 Å². The van der Waals surface area contributed by atoms with Gasteiger partial charge in [0.2, 0.25) is 5.91 Å². The number of carboxylic acid groups (broad SMARTS) is 1. The first-order valence-electron chi connectivity index (χ1n) is 10.9. The summed E-state index contributed by atoms with van der Waals surface area (Å²) in [6, 6.07) is 5.23. The molecule has 0 saturated heterocycles. The quantitative estimate of drug-likeness (QED) is 0.315. The van der Waals surface area contributed by atoms with E-state index in [-0.39, 0.29) is 13.2 Å². The lowest BCUT2D eigenvalue weighted by atomic mass is 10.0. The van der Waals surface area contributed by atoms with Gasteiger partial charge >= 0.3 is 11.9 Å². The Kier molecular flexibility index (Phi) is 10.3. The Bertz CT molecular complexity index is 742. The van der Waals surface area contributed by atoms with Crippen molar-refractivity contribution in [1.29, 1.82) is 0 Å². The Balaban J connectivity index is 2.10. The second-order valence-corrected chi connectivity index (χ2v) is 7.47. The van der Waals surface area contributed by atoms with E-state index in [2.05, 4.69) is 5.32 Å². The van der Waals surface area contributed by atoms with E-state index in [4.69, 9.17) is 15.2 Å².